The number of quaternary nitrogens is 1. The van der Waals surface area contributed by atoms with E-state index < -0.39 is 31.1 Å². The second-order valence-corrected chi connectivity index (χ2v) is 12.4. The predicted octanol–water partition coefficient (Wildman–Crippen LogP) is 3.12. The van der Waals surface area contributed by atoms with Gasteiger partial charge in [-0.1, -0.05) is 0 Å². The highest BCUT2D eigenvalue weighted by Crippen LogP contribution is 2.40. The highest BCUT2D eigenvalue weighted by atomic mass is 32.3. The first-order valence-corrected chi connectivity index (χ1v) is 11.2. The van der Waals surface area contributed by atoms with Crippen molar-refractivity contribution in [2.75, 3.05) is 21.1 Å². The topological polar surface area (TPSA) is 106 Å². The van der Waals surface area contributed by atoms with Crippen LogP contribution < -0.4 is 0 Å². The third-order valence-electron chi connectivity index (χ3n) is 4.45. The molecule has 0 unspecified atom stereocenters. The van der Waals surface area contributed by atoms with Crippen molar-refractivity contribution < 1.29 is 52.9 Å². The van der Waals surface area contributed by atoms with Crippen LogP contribution in [0.3, 0.4) is 0 Å². The molecule has 0 aromatic carbocycles. The minimum Gasteiger partial charge on any atom is -0.421 e. The predicted molar refractivity (Wildman–Crippen MR) is 95.0 cm³/mol. The van der Waals surface area contributed by atoms with Crippen molar-refractivity contribution in [1.82, 2.24) is 5.06 Å². The fourth-order valence-corrected chi connectivity index (χ4v) is 4.68. The number of rotatable bonds is 3. The van der Waals surface area contributed by atoms with Gasteiger partial charge in [-0.2, -0.15) is 26.3 Å². The first-order chi connectivity index (χ1) is 12.7. The zero-order chi connectivity index (χ0) is 24.8. The van der Waals surface area contributed by atoms with Crippen LogP contribution in [0.4, 0.5) is 26.3 Å². The van der Waals surface area contributed by atoms with Gasteiger partial charge in [0.05, 0.1) is 27.2 Å². The largest absolute Gasteiger partial charge is 0.480 e. The molecule has 181 valence electrons. The molecule has 0 saturated carbocycles. The number of sulfonamides is 2. The summed E-state index contributed by atoms with van der Waals surface area (Å²) in [5.74, 6) is 0. The minimum absolute atomic E-state index is 0.238. The van der Waals surface area contributed by atoms with Gasteiger partial charge in [0.2, 0.25) is 0 Å². The Balaban J connectivity index is 0.000000561. The fraction of sp³-hybridized carbons (Fsp3) is 1.00. The van der Waals surface area contributed by atoms with Gasteiger partial charge in [-0.3, -0.25) is 0 Å². The average molecular weight is 494 g/mol. The standard InChI is InChI=1S/C12H26N2O.C2F6NO4S2/c1-11(2)8-10(14(5,6)7)9-12(3,4)13(11)15;3-1(4,5)14(10,11)9-15(12,13)2(6,7)8/h10H,8-9H2,1-7H3;/q+1;-1. The molecule has 1 aliphatic heterocycles. The molecule has 0 amide bonds. The summed E-state index contributed by atoms with van der Waals surface area (Å²) in [5, 5.41) is 13.4. The maximum Gasteiger partial charge on any atom is 0.480 e. The number of hydrogen-bond acceptors (Lipinski definition) is 5. The molecule has 30 heavy (non-hydrogen) atoms. The van der Waals surface area contributed by atoms with E-state index in [-0.39, 0.29) is 11.1 Å². The molecule has 1 radical (unpaired) electrons. The van der Waals surface area contributed by atoms with E-state index in [1.807, 2.05) is 0 Å². The Hall–Kier alpha value is -0.680. The van der Waals surface area contributed by atoms with Crippen LogP contribution in [-0.2, 0) is 25.3 Å². The summed E-state index contributed by atoms with van der Waals surface area (Å²) in [6, 6.07) is 0.570. The monoisotopic (exact) mass is 494 g/mol. The van der Waals surface area contributed by atoms with E-state index in [0.29, 0.717) is 6.04 Å². The SMILES string of the molecule is CC1(C)CC([N+](C)(C)C)CC(C)(C)N1[O].O=S(=O)([N-]S(=O)(=O)C(F)(F)F)C(F)(F)F. The molecule has 0 aliphatic carbocycles. The lowest BCUT2D eigenvalue weighted by atomic mass is 9.78. The van der Waals surface area contributed by atoms with Crippen molar-refractivity contribution in [2.45, 2.75) is 68.7 Å². The van der Waals surface area contributed by atoms with E-state index >= 15 is 0 Å². The summed E-state index contributed by atoms with van der Waals surface area (Å²) in [6.07, 6.45) is 1.95. The van der Waals surface area contributed by atoms with Crippen molar-refractivity contribution in [3.8, 4) is 0 Å². The molecule has 1 rings (SSSR count). The quantitative estimate of drug-likeness (QED) is 0.443. The van der Waals surface area contributed by atoms with Gasteiger partial charge in [0.1, 0.15) is 0 Å². The molecule has 0 aromatic heterocycles. The van der Waals surface area contributed by atoms with Gasteiger partial charge in [0.25, 0.3) is 0 Å². The van der Waals surface area contributed by atoms with E-state index in [9.17, 15) is 48.4 Å². The van der Waals surface area contributed by atoms with E-state index in [2.05, 4.69) is 48.8 Å². The van der Waals surface area contributed by atoms with Crippen LogP contribution in [0, 0.1) is 0 Å². The zero-order valence-corrected chi connectivity index (χ0v) is 19.1. The van der Waals surface area contributed by atoms with E-state index in [1.165, 1.54) is 5.06 Å². The Morgan fingerprint density at radius 2 is 1.07 bits per heavy atom. The van der Waals surface area contributed by atoms with Crippen molar-refractivity contribution in [3.63, 3.8) is 0 Å². The third-order valence-corrected chi connectivity index (χ3v) is 7.19. The summed E-state index contributed by atoms with van der Waals surface area (Å²) in [5.41, 5.74) is -12.9. The lowest BCUT2D eigenvalue weighted by molar-refractivity contribution is -0.899. The molecular weight excluding hydrogens is 468 g/mol. The Morgan fingerprint density at radius 1 is 0.800 bits per heavy atom. The van der Waals surface area contributed by atoms with Gasteiger partial charge in [-0.05, 0) is 27.7 Å². The Morgan fingerprint density at radius 3 is 1.27 bits per heavy atom. The first kappa shape index (κ1) is 29.3. The number of nitrogens with zero attached hydrogens (tertiary/aromatic N) is 3. The summed E-state index contributed by atoms with van der Waals surface area (Å²) in [7, 11) is -6.78. The molecule has 0 atom stereocenters. The average Bonchev–Trinajstić information content (AvgIpc) is 2.40. The van der Waals surface area contributed by atoms with Crippen LogP contribution in [0.2, 0.25) is 0 Å². The summed E-state index contributed by atoms with van der Waals surface area (Å²) in [6.45, 7) is 8.24. The Bertz CT molecular complexity index is 754. The molecule has 16 heteroatoms. The van der Waals surface area contributed by atoms with E-state index in [4.69, 9.17) is 0 Å². The van der Waals surface area contributed by atoms with Crippen molar-refractivity contribution in [3.05, 3.63) is 4.13 Å². The minimum atomic E-state index is -6.72. The number of piperidine rings is 1. The summed E-state index contributed by atoms with van der Waals surface area (Å²) >= 11 is 0. The fourth-order valence-electron chi connectivity index (χ4n) is 2.97. The Kier molecular flexibility index (Phi) is 8.16. The summed E-state index contributed by atoms with van der Waals surface area (Å²) in [4.78, 5) is 0. The van der Waals surface area contributed by atoms with Crippen molar-refractivity contribution in [2.24, 2.45) is 0 Å². The second-order valence-electron chi connectivity index (χ2n) is 9.01. The molecule has 0 aromatic rings. The van der Waals surface area contributed by atoms with Crippen molar-refractivity contribution >= 4 is 20.0 Å². The van der Waals surface area contributed by atoms with E-state index in [1.54, 1.807) is 0 Å². The molecule has 8 nitrogen and oxygen atoms in total. The second kappa shape index (κ2) is 8.35. The van der Waals surface area contributed by atoms with Gasteiger partial charge in [-0.25, -0.2) is 16.8 Å². The number of hydroxylamine groups is 2. The maximum absolute atomic E-state index is 12.2. The normalized spacial score (nSPS) is 21.7. The number of alkyl halides is 6. The van der Waals surface area contributed by atoms with Crippen LogP contribution >= 0.6 is 0 Å². The molecule has 0 bridgehead atoms. The smallest absolute Gasteiger partial charge is 0.421 e. The number of hydrogen-bond donors (Lipinski definition) is 0. The van der Waals surface area contributed by atoms with Gasteiger partial charge in [0.15, 0.2) is 20.0 Å². The molecule has 0 N–H and O–H groups in total. The Labute approximate surface area is 172 Å². The molecule has 1 aliphatic rings. The zero-order valence-electron chi connectivity index (χ0n) is 17.5. The first-order valence-electron chi connectivity index (χ1n) is 8.33. The van der Waals surface area contributed by atoms with E-state index in [0.717, 1.165) is 21.5 Å². The van der Waals surface area contributed by atoms with Crippen LogP contribution in [-0.4, -0.2) is 75.7 Å². The lowest BCUT2D eigenvalue weighted by Crippen LogP contribution is -2.64. The van der Waals surface area contributed by atoms with Crippen LogP contribution in [0.5, 0.6) is 0 Å². The lowest BCUT2D eigenvalue weighted by Gasteiger charge is -2.52. The molecular formula is C14H26F6N3O5S2. The number of halogens is 6. The highest BCUT2D eigenvalue weighted by molar-refractivity contribution is 8.13. The maximum atomic E-state index is 12.2. The van der Waals surface area contributed by atoms with Gasteiger partial charge in [0, 0.05) is 23.9 Å². The molecule has 1 fully saturated rings. The molecule has 0 spiro atoms. The van der Waals surface area contributed by atoms with Crippen LogP contribution in [0.1, 0.15) is 40.5 Å². The molecule has 1 saturated heterocycles. The van der Waals surface area contributed by atoms with Crippen LogP contribution in [0.25, 0.3) is 4.13 Å². The third kappa shape index (κ3) is 7.19. The van der Waals surface area contributed by atoms with Gasteiger partial charge in [-0.15, -0.1) is 10.3 Å². The van der Waals surface area contributed by atoms with Crippen LogP contribution in [0.15, 0.2) is 0 Å². The summed E-state index contributed by atoms with van der Waals surface area (Å²) < 4.78 is 110. The highest BCUT2D eigenvalue weighted by Gasteiger charge is 2.50. The van der Waals surface area contributed by atoms with Gasteiger partial charge < -0.3 is 8.61 Å². The van der Waals surface area contributed by atoms with Crippen molar-refractivity contribution in [1.29, 1.82) is 0 Å². The van der Waals surface area contributed by atoms with Gasteiger partial charge >= 0.3 is 11.0 Å². The molecule has 1 heterocycles.